The van der Waals surface area contributed by atoms with Crippen LogP contribution in [-0.4, -0.2) is 18.4 Å². The molecule has 6 aromatic heterocycles. The van der Waals surface area contributed by atoms with Crippen molar-refractivity contribution >= 4 is 109 Å². The molecule has 0 amide bonds. The number of aromatic nitrogens is 4. The lowest BCUT2D eigenvalue weighted by Crippen LogP contribution is -1.93. The zero-order chi connectivity index (χ0) is 35.5. The lowest BCUT2D eigenvalue weighted by Gasteiger charge is -2.11. The van der Waals surface area contributed by atoms with Gasteiger partial charge in [-0.25, -0.2) is 4.98 Å². The first-order chi connectivity index (χ1) is 27.3. The number of pyridine rings is 1. The lowest BCUT2D eigenvalue weighted by atomic mass is 9.94. The van der Waals surface area contributed by atoms with Crippen LogP contribution in [0.2, 0.25) is 0 Å². The molecule has 0 fully saturated rings. The van der Waals surface area contributed by atoms with Crippen molar-refractivity contribution in [3.05, 3.63) is 170 Å². The number of para-hydroxylation sites is 5. The maximum absolute atomic E-state index is 5.36. The molecule has 14 rings (SSSR count). The number of fused-ring (bicyclic) bond motifs is 18. The van der Waals surface area contributed by atoms with E-state index in [0.717, 1.165) is 11.2 Å². The molecule has 0 spiro atoms. The van der Waals surface area contributed by atoms with E-state index >= 15 is 0 Å². The summed E-state index contributed by atoms with van der Waals surface area (Å²) in [6.07, 6.45) is 2.13. The molecule has 0 aliphatic rings. The van der Waals surface area contributed by atoms with Gasteiger partial charge in [-0.3, -0.25) is 4.40 Å². The summed E-state index contributed by atoms with van der Waals surface area (Å²) < 4.78 is 7.32. The fraction of sp³-hybridized carbons (Fsp3) is 0. The zero-order valence-corrected chi connectivity index (χ0v) is 29.5. The quantitative estimate of drug-likeness (QED) is 0.177. The van der Waals surface area contributed by atoms with Gasteiger partial charge >= 0.3 is 0 Å². The molecule has 0 saturated heterocycles. The normalized spacial score (nSPS) is 12.7. The maximum Gasteiger partial charge on any atom is 0.146 e. The summed E-state index contributed by atoms with van der Waals surface area (Å²) in [6.45, 7) is 0. The Labute approximate surface area is 313 Å². The summed E-state index contributed by atoms with van der Waals surface area (Å²) in [5, 5.41) is 15.2. The summed E-state index contributed by atoms with van der Waals surface area (Å²) in [7, 11) is 0. The molecule has 252 valence electrons. The Morgan fingerprint density at radius 2 is 0.982 bits per heavy atom. The highest BCUT2D eigenvalue weighted by atomic mass is 15.0. The average molecular weight is 697 g/mol. The highest BCUT2D eigenvalue weighted by Crippen LogP contribution is 2.49. The van der Waals surface area contributed by atoms with Crippen molar-refractivity contribution < 1.29 is 0 Å². The van der Waals surface area contributed by atoms with Crippen LogP contribution < -0.4 is 0 Å². The highest BCUT2D eigenvalue weighted by Gasteiger charge is 2.27. The summed E-state index contributed by atoms with van der Waals surface area (Å²) in [5.41, 5.74) is 13.1. The van der Waals surface area contributed by atoms with Gasteiger partial charge in [-0.15, -0.1) is 0 Å². The Balaban J connectivity index is 1.16. The third-order valence-electron chi connectivity index (χ3n) is 12.5. The molecule has 0 radical (unpaired) electrons. The molecule has 4 nitrogen and oxygen atoms in total. The van der Waals surface area contributed by atoms with Gasteiger partial charge in [-0.1, -0.05) is 121 Å². The molecular weight excluding hydrogens is 669 g/mol. The van der Waals surface area contributed by atoms with Crippen molar-refractivity contribution in [1.82, 2.24) is 18.4 Å². The molecule has 6 heterocycles. The highest BCUT2D eigenvalue weighted by molar-refractivity contribution is 6.37. The summed E-state index contributed by atoms with van der Waals surface area (Å²) in [6, 6.07) is 60.2. The van der Waals surface area contributed by atoms with Crippen LogP contribution in [0.25, 0.3) is 126 Å². The van der Waals surface area contributed by atoms with Gasteiger partial charge in [0.1, 0.15) is 5.65 Å². The number of hydrogen-bond acceptors (Lipinski definition) is 1. The minimum Gasteiger partial charge on any atom is -0.309 e. The van der Waals surface area contributed by atoms with E-state index in [1.54, 1.807) is 0 Å². The lowest BCUT2D eigenvalue weighted by molar-refractivity contribution is 1.18. The van der Waals surface area contributed by atoms with Crippen molar-refractivity contribution in [2.24, 2.45) is 0 Å². The Kier molecular flexibility index (Phi) is 4.99. The predicted molar refractivity (Wildman–Crippen MR) is 231 cm³/mol. The minimum atomic E-state index is 1.02. The molecule has 55 heavy (non-hydrogen) atoms. The van der Waals surface area contributed by atoms with E-state index in [1.807, 2.05) is 0 Å². The second-order valence-corrected chi connectivity index (χ2v) is 15.1. The van der Waals surface area contributed by atoms with Crippen LogP contribution in [0.15, 0.2) is 170 Å². The van der Waals surface area contributed by atoms with Crippen LogP contribution in [0.1, 0.15) is 0 Å². The second kappa shape index (κ2) is 9.75. The molecule has 0 aliphatic carbocycles. The van der Waals surface area contributed by atoms with E-state index < -0.39 is 0 Å². The van der Waals surface area contributed by atoms with Crippen LogP contribution in [0.4, 0.5) is 0 Å². The third-order valence-corrected chi connectivity index (χ3v) is 12.5. The van der Waals surface area contributed by atoms with E-state index in [1.165, 1.54) is 115 Å². The average Bonchev–Trinajstić information content (AvgIpc) is 4.04. The van der Waals surface area contributed by atoms with Crippen LogP contribution in [0, 0.1) is 0 Å². The van der Waals surface area contributed by atoms with Crippen LogP contribution in [0.3, 0.4) is 0 Å². The maximum atomic E-state index is 5.36. The molecular formula is C51H28N4. The SMILES string of the molecule is c1ccc(-n2c3ccccc3c3cc(-c4cc5ccccc5c5c6cccc7c8c9c%10cccc%11c%12ccccc%12n(c9ncc8n(c45)c76)c%11%10)ccc32)cc1. The number of rotatable bonds is 2. The first-order valence-electron chi connectivity index (χ1n) is 19.0. The van der Waals surface area contributed by atoms with Crippen LogP contribution in [-0.2, 0) is 0 Å². The van der Waals surface area contributed by atoms with Gasteiger partial charge in [-0.2, -0.15) is 0 Å². The molecule has 0 saturated carbocycles. The van der Waals surface area contributed by atoms with Crippen LogP contribution in [0.5, 0.6) is 0 Å². The number of nitrogens with zero attached hydrogens (tertiary/aromatic N) is 4. The van der Waals surface area contributed by atoms with Gasteiger partial charge in [0.05, 0.1) is 44.8 Å². The van der Waals surface area contributed by atoms with Crippen LogP contribution >= 0.6 is 0 Å². The Morgan fingerprint density at radius 1 is 0.364 bits per heavy atom. The Hall–Kier alpha value is -7.43. The molecule has 8 aromatic carbocycles. The topological polar surface area (TPSA) is 26.6 Å². The van der Waals surface area contributed by atoms with Crippen molar-refractivity contribution in [1.29, 1.82) is 0 Å². The summed E-state index contributed by atoms with van der Waals surface area (Å²) in [5.74, 6) is 0. The molecule has 0 atom stereocenters. The molecule has 4 heteroatoms. The van der Waals surface area contributed by atoms with E-state index in [9.17, 15) is 0 Å². The van der Waals surface area contributed by atoms with Crippen molar-refractivity contribution in [3.8, 4) is 16.8 Å². The fourth-order valence-corrected chi connectivity index (χ4v) is 10.4. The minimum absolute atomic E-state index is 1.02. The smallest absolute Gasteiger partial charge is 0.146 e. The van der Waals surface area contributed by atoms with E-state index in [2.05, 4.69) is 183 Å². The zero-order valence-electron chi connectivity index (χ0n) is 29.5. The van der Waals surface area contributed by atoms with Gasteiger partial charge < -0.3 is 8.97 Å². The first-order valence-corrected chi connectivity index (χ1v) is 19.0. The van der Waals surface area contributed by atoms with Gasteiger partial charge in [0.2, 0.25) is 0 Å². The van der Waals surface area contributed by atoms with E-state index in [-0.39, 0.29) is 0 Å². The summed E-state index contributed by atoms with van der Waals surface area (Å²) in [4.78, 5) is 5.36. The second-order valence-electron chi connectivity index (χ2n) is 15.1. The van der Waals surface area contributed by atoms with Gasteiger partial charge in [0, 0.05) is 65.1 Å². The van der Waals surface area contributed by atoms with Gasteiger partial charge in [0.15, 0.2) is 0 Å². The van der Waals surface area contributed by atoms with Gasteiger partial charge in [0.25, 0.3) is 0 Å². The summed E-state index contributed by atoms with van der Waals surface area (Å²) >= 11 is 0. The molecule has 0 aliphatic heterocycles. The molecule has 0 N–H and O–H groups in total. The third kappa shape index (κ3) is 3.29. The predicted octanol–water partition coefficient (Wildman–Crippen LogP) is 13.3. The molecule has 14 aromatic rings. The Bertz CT molecular complexity index is 3940. The standard InChI is InChI=1S/C51H28N4/c1-2-13-31(14-3-1)53-41-22-8-7-17-34(41)40-27-30(24-25-43(40)53)39-26-29-12-4-5-15-32(29)45-36-19-11-20-37-46-44(54(49(36)37)50(39)45)28-52-51-47(46)38-21-10-18-35-33-16-6-9-23-42(33)55(51)48(35)38/h1-28H. The van der Waals surface area contributed by atoms with Crippen molar-refractivity contribution in [3.63, 3.8) is 0 Å². The molecule has 0 bridgehead atoms. The van der Waals surface area contributed by atoms with E-state index in [0.29, 0.717) is 0 Å². The van der Waals surface area contributed by atoms with Crippen molar-refractivity contribution in [2.75, 3.05) is 0 Å². The fourth-order valence-electron chi connectivity index (χ4n) is 10.4. The monoisotopic (exact) mass is 696 g/mol. The van der Waals surface area contributed by atoms with Crippen molar-refractivity contribution in [2.45, 2.75) is 0 Å². The first kappa shape index (κ1) is 28.1. The number of hydrogen-bond donors (Lipinski definition) is 0. The van der Waals surface area contributed by atoms with Gasteiger partial charge in [-0.05, 0) is 58.8 Å². The molecule has 0 unspecified atom stereocenters. The Morgan fingerprint density at radius 3 is 1.82 bits per heavy atom. The largest absolute Gasteiger partial charge is 0.309 e. The number of benzene rings is 8. The van der Waals surface area contributed by atoms with E-state index in [4.69, 9.17) is 4.98 Å².